The van der Waals surface area contributed by atoms with Crippen LogP contribution >= 0.6 is 0 Å². The summed E-state index contributed by atoms with van der Waals surface area (Å²) in [5, 5.41) is 6.82. The fraction of sp³-hybridized carbons (Fsp3) is 0.571. The maximum atomic E-state index is 3.61. The van der Waals surface area contributed by atoms with Crippen LogP contribution in [0, 0.1) is 0 Å². The maximum absolute atomic E-state index is 3.61. The van der Waals surface area contributed by atoms with Gasteiger partial charge in [-0.25, -0.2) is 0 Å². The smallest absolute Gasteiger partial charge is 0.0323 e. The van der Waals surface area contributed by atoms with Gasteiger partial charge in [-0.05, 0) is 43.1 Å². The van der Waals surface area contributed by atoms with Gasteiger partial charge in [0.25, 0.3) is 0 Å². The molecule has 0 bridgehead atoms. The van der Waals surface area contributed by atoms with Gasteiger partial charge < -0.3 is 10.6 Å². The zero-order valence-electron chi connectivity index (χ0n) is 10.3. The summed E-state index contributed by atoms with van der Waals surface area (Å²) in [5.41, 5.74) is 4.47. The molecule has 0 radical (unpaired) electrons. The highest BCUT2D eigenvalue weighted by Gasteiger charge is 2.18. The molecule has 16 heavy (non-hydrogen) atoms. The molecule has 0 aromatic heterocycles. The Kier molecular flexibility index (Phi) is 3.97. The second-order valence-electron chi connectivity index (χ2n) is 4.61. The average molecular weight is 218 g/mol. The van der Waals surface area contributed by atoms with Crippen LogP contribution in [0.15, 0.2) is 18.2 Å². The van der Waals surface area contributed by atoms with Crippen molar-refractivity contribution in [2.24, 2.45) is 0 Å². The summed E-state index contributed by atoms with van der Waals surface area (Å²) >= 11 is 0. The molecule has 1 aliphatic heterocycles. The Morgan fingerprint density at radius 2 is 2.31 bits per heavy atom. The number of benzene rings is 1. The van der Waals surface area contributed by atoms with Crippen LogP contribution < -0.4 is 10.6 Å². The molecule has 2 nitrogen and oxygen atoms in total. The predicted molar refractivity (Wildman–Crippen MR) is 68.6 cm³/mol. The van der Waals surface area contributed by atoms with Gasteiger partial charge in [0, 0.05) is 12.6 Å². The fourth-order valence-corrected chi connectivity index (χ4v) is 2.57. The van der Waals surface area contributed by atoms with Crippen LogP contribution in [0.25, 0.3) is 0 Å². The number of fused-ring (bicyclic) bond motifs is 1. The molecule has 0 spiro atoms. The van der Waals surface area contributed by atoms with Crippen molar-refractivity contribution in [3.8, 4) is 0 Å². The van der Waals surface area contributed by atoms with Gasteiger partial charge in [0.1, 0.15) is 0 Å². The molecular weight excluding hydrogens is 196 g/mol. The van der Waals surface area contributed by atoms with Gasteiger partial charge in [-0.2, -0.15) is 0 Å². The summed E-state index contributed by atoms with van der Waals surface area (Å²) in [7, 11) is 2.00. The first-order chi connectivity index (χ1) is 7.85. The van der Waals surface area contributed by atoms with E-state index in [1.54, 1.807) is 5.56 Å². The Morgan fingerprint density at radius 1 is 1.44 bits per heavy atom. The van der Waals surface area contributed by atoms with Crippen molar-refractivity contribution >= 4 is 0 Å². The van der Waals surface area contributed by atoms with E-state index in [4.69, 9.17) is 0 Å². The first kappa shape index (κ1) is 11.6. The molecule has 1 heterocycles. The van der Waals surface area contributed by atoms with E-state index in [1.165, 1.54) is 30.4 Å². The molecular formula is C14H22N2. The van der Waals surface area contributed by atoms with Gasteiger partial charge in [-0.1, -0.05) is 31.5 Å². The molecule has 88 valence electrons. The molecule has 0 saturated heterocycles. The van der Waals surface area contributed by atoms with Crippen LogP contribution in [0.4, 0.5) is 0 Å². The van der Waals surface area contributed by atoms with Gasteiger partial charge >= 0.3 is 0 Å². The van der Waals surface area contributed by atoms with Crippen molar-refractivity contribution in [1.29, 1.82) is 0 Å². The average Bonchev–Trinajstić information content (AvgIpc) is 2.30. The third-order valence-corrected chi connectivity index (χ3v) is 3.33. The summed E-state index contributed by atoms with van der Waals surface area (Å²) in [6.07, 6.45) is 3.67. The zero-order chi connectivity index (χ0) is 11.4. The van der Waals surface area contributed by atoms with E-state index in [9.17, 15) is 0 Å². The van der Waals surface area contributed by atoms with Crippen molar-refractivity contribution in [3.05, 3.63) is 34.9 Å². The van der Waals surface area contributed by atoms with Crippen LogP contribution in [0.1, 0.15) is 42.5 Å². The highest BCUT2D eigenvalue weighted by atomic mass is 14.9. The van der Waals surface area contributed by atoms with Gasteiger partial charge in [0.2, 0.25) is 0 Å². The lowest BCUT2D eigenvalue weighted by atomic mass is 9.90. The predicted octanol–water partition coefficient (Wildman–Crippen LogP) is 2.39. The molecule has 2 rings (SSSR count). The SMILES string of the molecule is CCCC1NCCc2cc(CNC)ccc21. The highest BCUT2D eigenvalue weighted by molar-refractivity contribution is 5.36. The molecule has 2 heteroatoms. The van der Waals surface area contributed by atoms with E-state index >= 15 is 0 Å². The molecule has 2 N–H and O–H groups in total. The van der Waals surface area contributed by atoms with Gasteiger partial charge in [0.05, 0.1) is 0 Å². The Hall–Kier alpha value is -0.860. The van der Waals surface area contributed by atoms with Crippen molar-refractivity contribution in [2.75, 3.05) is 13.6 Å². The van der Waals surface area contributed by atoms with Gasteiger partial charge in [-0.3, -0.25) is 0 Å². The monoisotopic (exact) mass is 218 g/mol. The minimum atomic E-state index is 0.581. The lowest BCUT2D eigenvalue weighted by molar-refractivity contribution is 0.470. The largest absolute Gasteiger partial charge is 0.316 e. The molecule has 1 aliphatic rings. The summed E-state index contributed by atoms with van der Waals surface area (Å²) in [4.78, 5) is 0. The number of nitrogens with one attached hydrogen (secondary N) is 2. The highest BCUT2D eigenvalue weighted by Crippen LogP contribution is 2.27. The van der Waals surface area contributed by atoms with E-state index in [2.05, 4.69) is 35.8 Å². The lowest BCUT2D eigenvalue weighted by Crippen LogP contribution is -2.29. The topological polar surface area (TPSA) is 24.1 Å². The minimum absolute atomic E-state index is 0.581. The quantitative estimate of drug-likeness (QED) is 0.811. The van der Waals surface area contributed by atoms with E-state index in [0.29, 0.717) is 6.04 Å². The Balaban J connectivity index is 2.22. The standard InChI is InChI=1S/C14H22N2/c1-3-4-14-13-6-5-11(10-15-2)9-12(13)7-8-16-14/h5-6,9,14-16H,3-4,7-8,10H2,1-2H3. The second kappa shape index (κ2) is 5.46. The molecule has 0 aliphatic carbocycles. The molecule has 0 saturated carbocycles. The van der Waals surface area contributed by atoms with Crippen molar-refractivity contribution in [1.82, 2.24) is 10.6 Å². The third kappa shape index (κ3) is 2.45. The van der Waals surface area contributed by atoms with Crippen molar-refractivity contribution in [2.45, 2.75) is 38.8 Å². The number of hydrogen-bond acceptors (Lipinski definition) is 2. The van der Waals surface area contributed by atoms with Crippen LogP contribution in [0.3, 0.4) is 0 Å². The number of rotatable bonds is 4. The van der Waals surface area contributed by atoms with Crippen molar-refractivity contribution < 1.29 is 0 Å². The van der Waals surface area contributed by atoms with E-state index in [-0.39, 0.29) is 0 Å². The Labute approximate surface area is 98.4 Å². The molecule has 0 fully saturated rings. The second-order valence-corrected chi connectivity index (χ2v) is 4.61. The molecule has 1 unspecified atom stereocenters. The minimum Gasteiger partial charge on any atom is -0.316 e. The lowest BCUT2D eigenvalue weighted by Gasteiger charge is -2.27. The normalized spacial score (nSPS) is 19.5. The van der Waals surface area contributed by atoms with E-state index in [0.717, 1.165) is 13.1 Å². The van der Waals surface area contributed by atoms with E-state index in [1.807, 2.05) is 7.05 Å². The van der Waals surface area contributed by atoms with Gasteiger partial charge in [-0.15, -0.1) is 0 Å². The van der Waals surface area contributed by atoms with Crippen molar-refractivity contribution in [3.63, 3.8) is 0 Å². The third-order valence-electron chi connectivity index (χ3n) is 3.33. The Morgan fingerprint density at radius 3 is 3.06 bits per heavy atom. The van der Waals surface area contributed by atoms with Crippen LogP contribution in [0.2, 0.25) is 0 Å². The fourth-order valence-electron chi connectivity index (χ4n) is 2.57. The van der Waals surface area contributed by atoms with Crippen LogP contribution in [-0.4, -0.2) is 13.6 Å². The first-order valence-corrected chi connectivity index (χ1v) is 6.34. The summed E-state index contributed by atoms with van der Waals surface area (Å²) in [6.45, 7) is 4.35. The molecule has 0 amide bonds. The van der Waals surface area contributed by atoms with Crippen LogP contribution in [-0.2, 0) is 13.0 Å². The number of hydrogen-bond donors (Lipinski definition) is 2. The maximum Gasteiger partial charge on any atom is 0.0323 e. The molecule has 1 aromatic rings. The summed E-state index contributed by atoms with van der Waals surface area (Å²) in [6, 6.07) is 7.52. The molecule has 1 atom stereocenters. The summed E-state index contributed by atoms with van der Waals surface area (Å²) in [5.74, 6) is 0. The zero-order valence-corrected chi connectivity index (χ0v) is 10.3. The van der Waals surface area contributed by atoms with Crippen LogP contribution in [0.5, 0.6) is 0 Å². The van der Waals surface area contributed by atoms with E-state index < -0.39 is 0 Å². The summed E-state index contributed by atoms with van der Waals surface area (Å²) < 4.78 is 0. The molecule has 1 aromatic carbocycles. The van der Waals surface area contributed by atoms with Gasteiger partial charge in [0.15, 0.2) is 0 Å². The first-order valence-electron chi connectivity index (χ1n) is 6.34. The Bertz CT molecular complexity index is 347.